The molecule has 0 atom stereocenters. The Morgan fingerprint density at radius 1 is 1.04 bits per heavy atom. The van der Waals surface area contributed by atoms with Crippen LogP contribution in [-0.2, 0) is 11.3 Å². The van der Waals surface area contributed by atoms with Crippen molar-refractivity contribution in [3.63, 3.8) is 0 Å². The number of piperazine rings is 1. The fraction of sp³-hybridized carbons (Fsp3) is 0.526. The predicted octanol–water partition coefficient (Wildman–Crippen LogP) is 0.949. The highest BCUT2D eigenvalue weighted by atomic mass is 16.2. The van der Waals surface area contributed by atoms with E-state index in [1.54, 1.807) is 17.0 Å². The number of nitrogens with two attached hydrogens (primary N) is 1. The number of likely N-dealkylation sites (tertiary alicyclic amines) is 1. The van der Waals surface area contributed by atoms with Crippen LogP contribution >= 0.6 is 0 Å². The average Bonchev–Trinajstić information content (AvgIpc) is 2.95. The Morgan fingerprint density at radius 2 is 1.73 bits per heavy atom. The van der Waals surface area contributed by atoms with Crippen molar-refractivity contribution in [3.8, 4) is 0 Å². The number of benzene rings is 1. The number of hydrogen-bond donors (Lipinski definition) is 2. The number of rotatable bonds is 3. The van der Waals surface area contributed by atoms with Gasteiger partial charge in [0.05, 0.1) is 13.1 Å². The molecule has 0 unspecified atom stereocenters. The number of carbonyl (C=O) groups excluding carboxylic acids is 2. The minimum Gasteiger partial charge on any atom is -0.370 e. The lowest BCUT2D eigenvalue weighted by atomic mass is 10.1. The van der Waals surface area contributed by atoms with Gasteiger partial charge < -0.3 is 20.9 Å². The Balaban J connectivity index is 1.57. The van der Waals surface area contributed by atoms with E-state index in [2.05, 4.69) is 15.2 Å². The summed E-state index contributed by atoms with van der Waals surface area (Å²) in [6.07, 6.45) is 4.86. The van der Waals surface area contributed by atoms with Crippen LogP contribution in [0.25, 0.3) is 0 Å². The molecule has 2 heterocycles. The third-order valence-electron chi connectivity index (χ3n) is 4.88. The minimum atomic E-state index is -0.112. The molecule has 140 valence electrons. The maximum Gasteiger partial charge on any atom is 0.254 e. The summed E-state index contributed by atoms with van der Waals surface area (Å²) in [5.74, 6) is 0.380. The van der Waals surface area contributed by atoms with Crippen LogP contribution in [0, 0.1) is 0 Å². The lowest BCUT2D eigenvalue weighted by Crippen LogP contribution is -2.49. The molecule has 0 aromatic heterocycles. The zero-order valence-corrected chi connectivity index (χ0v) is 15.1. The maximum absolute atomic E-state index is 12.5. The first-order valence-electron chi connectivity index (χ1n) is 9.33. The molecule has 0 bridgehead atoms. The molecule has 2 aliphatic rings. The monoisotopic (exact) mass is 357 g/mol. The Kier molecular flexibility index (Phi) is 6.09. The molecule has 2 saturated heterocycles. The molecule has 1 aromatic rings. The van der Waals surface area contributed by atoms with Crippen molar-refractivity contribution < 1.29 is 9.59 Å². The summed E-state index contributed by atoms with van der Waals surface area (Å²) in [6.45, 7) is 3.63. The topological polar surface area (TPSA) is 91.0 Å². The van der Waals surface area contributed by atoms with E-state index in [-0.39, 0.29) is 18.4 Å². The second-order valence-electron chi connectivity index (χ2n) is 6.85. The molecule has 2 amide bonds. The smallest absolute Gasteiger partial charge is 0.254 e. The second kappa shape index (κ2) is 8.69. The first kappa shape index (κ1) is 18.2. The number of hydrogen-bond acceptors (Lipinski definition) is 3. The number of amides is 2. The summed E-state index contributed by atoms with van der Waals surface area (Å²) in [7, 11) is 0. The van der Waals surface area contributed by atoms with E-state index in [4.69, 9.17) is 5.73 Å². The van der Waals surface area contributed by atoms with E-state index in [9.17, 15) is 9.59 Å². The van der Waals surface area contributed by atoms with E-state index in [1.807, 2.05) is 12.1 Å². The van der Waals surface area contributed by atoms with Gasteiger partial charge in [-0.15, -0.1) is 0 Å². The van der Waals surface area contributed by atoms with Gasteiger partial charge in [-0.2, -0.15) is 0 Å². The summed E-state index contributed by atoms with van der Waals surface area (Å²) in [6, 6.07) is 7.39. The Labute approximate surface area is 154 Å². The van der Waals surface area contributed by atoms with Crippen LogP contribution in [0.3, 0.4) is 0 Å². The summed E-state index contributed by atoms with van der Waals surface area (Å²) < 4.78 is 0. The maximum atomic E-state index is 12.5. The van der Waals surface area contributed by atoms with Gasteiger partial charge in [0, 0.05) is 31.7 Å². The molecule has 0 radical (unpaired) electrons. The third-order valence-corrected chi connectivity index (χ3v) is 4.88. The van der Waals surface area contributed by atoms with Crippen molar-refractivity contribution in [3.05, 3.63) is 35.4 Å². The largest absolute Gasteiger partial charge is 0.370 e. The highest BCUT2D eigenvalue weighted by Gasteiger charge is 2.22. The molecule has 0 saturated carbocycles. The fourth-order valence-corrected chi connectivity index (χ4v) is 3.32. The Bertz CT molecular complexity index is 663. The molecule has 0 aliphatic carbocycles. The molecular weight excluding hydrogens is 330 g/mol. The van der Waals surface area contributed by atoms with Gasteiger partial charge in [0.1, 0.15) is 0 Å². The van der Waals surface area contributed by atoms with E-state index < -0.39 is 0 Å². The molecular formula is C19H27N5O2. The van der Waals surface area contributed by atoms with Crippen molar-refractivity contribution >= 4 is 17.8 Å². The van der Waals surface area contributed by atoms with Gasteiger partial charge in [0.2, 0.25) is 5.91 Å². The van der Waals surface area contributed by atoms with Gasteiger partial charge in [0.15, 0.2) is 5.96 Å². The van der Waals surface area contributed by atoms with Gasteiger partial charge in [-0.05, 0) is 30.5 Å². The molecule has 1 aromatic carbocycles. The van der Waals surface area contributed by atoms with E-state index >= 15 is 0 Å². The fourth-order valence-electron chi connectivity index (χ4n) is 3.32. The summed E-state index contributed by atoms with van der Waals surface area (Å²) in [4.78, 5) is 32.1. The van der Waals surface area contributed by atoms with Gasteiger partial charge >= 0.3 is 0 Å². The van der Waals surface area contributed by atoms with Crippen molar-refractivity contribution in [1.82, 2.24) is 15.1 Å². The molecule has 7 nitrogen and oxygen atoms in total. The van der Waals surface area contributed by atoms with Gasteiger partial charge in [-0.25, -0.2) is 4.99 Å². The number of carbonyl (C=O) groups is 2. The Morgan fingerprint density at radius 3 is 2.38 bits per heavy atom. The van der Waals surface area contributed by atoms with Crippen molar-refractivity contribution in [2.24, 2.45) is 10.7 Å². The lowest BCUT2D eigenvalue weighted by molar-refractivity contribution is -0.123. The molecule has 3 rings (SSSR count). The Hall–Kier alpha value is -2.57. The molecule has 2 aliphatic heterocycles. The quantitative estimate of drug-likeness (QED) is 0.622. The highest BCUT2D eigenvalue weighted by Crippen LogP contribution is 2.12. The zero-order valence-electron chi connectivity index (χ0n) is 15.1. The molecule has 3 N–H and O–H groups in total. The van der Waals surface area contributed by atoms with Crippen molar-refractivity contribution in [2.45, 2.75) is 32.2 Å². The standard InChI is InChI=1S/C19H27N5O2/c20-19(23-10-3-1-2-4-11-23)22-13-15-5-7-16(8-6-15)18(26)24-12-9-21-17(25)14-24/h5-8H,1-4,9-14H2,(H2,20,22)(H,21,25). The summed E-state index contributed by atoms with van der Waals surface area (Å²) in [5.41, 5.74) is 7.73. The van der Waals surface area contributed by atoms with Gasteiger partial charge in [-0.3, -0.25) is 9.59 Å². The van der Waals surface area contributed by atoms with Crippen LogP contribution < -0.4 is 11.1 Å². The van der Waals surface area contributed by atoms with Crippen LogP contribution in [0.1, 0.15) is 41.6 Å². The summed E-state index contributed by atoms with van der Waals surface area (Å²) in [5, 5.41) is 2.72. The number of nitrogens with one attached hydrogen (secondary N) is 1. The van der Waals surface area contributed by atoms with Crippen LogP contribution in [0.5, 0.6) is 0 Å². The lowest BCUT2D eigenvalue weighted by Gasteiger charge is -2.26. The minimum absolute atomic E-state index is 0.112. The first-order chi connectivity index (χ1) is 12.6. The molecule has 26 heavy (non-hydrogen) atoms. The molecule has 7 heteroatoms. The van der Waals surface area contributed by atoms with Gasteiger partial charge in [-0.1, -0.05) is 25.0 Å². The molecule has 2 fully saturated rings. The molecule has 0 spiro atoms. The zero-order chi connectivity index (χ0) is 18.4. The number of guanidine groups is 1. The predicted molar refractivity (Wildman–Crippen MR) is 101 cm³/mol. The van der Waals surface area contributed by atoms with Gasteiger partial charge in [0.25, 0.3) is 5.91 Å². The van der Waals surface area contributed by atoms with Crippen molar-refractivity contribution in [2.75, 3.05) is 32.7 Å². The third kappa shape index (κ3) is 4.74. The van der Waals surface area contributed by atoms with Crippen LogP contribution in [0.15, 0.2) is 29.3 Å². The summed E-state index contributed by atoms with van der Waals surface area (Å²) >= 11 is 0. The van der Waals surface area contributed by atoms with Crippen molar-refractivity contribution in [1.29, 1.82) is 0 Å². The average molecular weight is 357 g/mol. The van der Waals surface area contributed by atoms with E-state index in [0.717, 1.165) is 18.7 Å². The second-order valence-corrected chi connectivity index (χ2v) is 6.85. The SMILES string of the molecule is NC(=NCc1ccc(C(=O)N2CCNC(=O)C2)cc1)N1CCCCCC1. The normalized spacial score (nSPS) is 19.1. The highest BCUT2D eigenvalue weighted by molar-refractivity contribution is 5.97. The van der Waals surface area contributed by atoms with Crippen LogP contribution in [-0.4, -0.2) is 60.3 Å². The number of nitrogens with zero attached hydrogens (tertiary/aromatic N) is 3. The van der Waals surface area contributed by atoms with E-state index in [0.29, 0.717) is 31.2 Å². The van der Waals surface area contributed by atoms with E-state index in [1.165, 1.54) is 25.7 Å². The van der Waals surface area contributed by atoms with Crippen LogP contribution in [0.2, 0.25) is 0 Å². The van der Waals surface area contributed by atoms with Crippen LogP contribution in [0.4, 0.5) is 0 Å². The first-order valence-corrected chi connectivity index (χ1v) is 9.33. The number of aliphatic imine (C=N–C) groups is 1.